The predicted molar refractivity (Wildman–Crippen MR) is 87.1 cm³/mol. The Morgan fingerprint density at radius 1 is 1.14 bits per heavy atom. The number of ether oxygens (including phenoxy) is 1. The van der Waals surface area contributed by atoms with Gasteiger partial charge in [-0.3, -0.25) is 4.79 Å². The van der Waals surface area contributed by atoms with Crippen LogP contribution >= 0.6 is 0 Å². The first-order valence-electron chi connectivity index (χ1n) is 6.97. The number of hydrogen-bond acceptors (Lipinski definition) is 3. The van der Waals surface area contributed by atoms with Gasteiger partial charge in [0.1, 0.15) is 11.6 Å². The Balaban J connectivity index is 1.85. The Hall–Kier alpha value is -2.88. The number of nitrogens with zero attached hydrogens (tertiary/aromatic N) is 2. The van der Waals surface area contributed by atoms with Crippen molar-refractivity contribution in [1.82, 2.24) is 9.55 Å². The third kappa shape index (κ3) is 2.63. The standard InChI is InChI=1S/C18H16N2O2/c1-20-16-6-4-3-5-15(16)19-18(20)12-11-17(21)13-7-9-14(22-2)10-8-13/h3-12H,1-2H3/b12-11+. The molecule has 0 aliphatic carbocycles. The molecule has 1 aromatic heterocycles. The highest BCUT2D eigenvalue weighted by Crippen LogP contribution is 2.16. The fraction of sp³-hybridized carbons (Fsp3) is 0.111. The number of imidazole rings is 1. The van der Waals surface area contributed by atoms with Gasteiger partial charge < -0.3 is 9.30 Å². The van der Waals surface area contributed by atoms with Crippen molar-refractivity contribution in [2.24, 2.45) is 7.05 Å². The smallest absolute Gasteiger partial charge is 0.185 e. The maximum absolute atomic E-state index is 12.2. The molecule has 0 saturated heterocycles. The summed E-state index contributed by atoms with van der Waals surface area (Å²) in [6, 6.07) is 14.9. The third-order valence-corrected chi connectivity index (χ3v) is 3.58. The maximum atomic E-state index is 12.2. The van der Waals surface area contributed by atoms with Crippen molar-refractivity contribution >= 4 is 22.9 Å². The molecule has 0 amide bonds. The zero-order chi connectivity index (χ0) is 15.5. The third-order valence-electron chi connectivity index (χ3n) is 3.58. The van der Waals surface area contributed by atoms with Gasteiger partial charge in [-0.2, -0.15) is 0 Å². The van der Waals surface area contributed by atoms with Crippen molar-refractivity contribution in [3.05, 3.63) is 66.0 Å². The van der Waals surface area contributed by atoms with E-state index >= 15 is 0 Å². The van der Waals surface area contributed by atoms with E-state index in [0.29, 0.717) is 5.56 Å². The van der Waals surface area contributed by atoms with Gasteiger partial charge in [0.15, 0.2) is 5.78 Å². The van der Waals surface area contributed by atoms with Crippen LogP contribution in [0.15, 0.2) is 54.6 Å². The van der Waals surface area contributed by atoms with Crippen LogP contribution in [-0.4, -0.2) is 22.4 Å². The summed E-state index contributed by atoms with van der Waals surface area (Å²) in [5.74, 6) is 1.42. The summed E-state index contributed by atoms with van der Waals surface area (Å²) >= 11 is 0. The number of allylic oxidation sites excluding steroid dienone is 1. The second-order valence-corrected chi connectivity index (χ2v) is 4.94. The highest BCUT2D eigenvalue weighted by Gasteiger charge is 2.06. The van der Waals surface area contributed by atoms with E-state index in [4.69, 9.17) is 4.74 Å². The number of carbonyl (C=O) groups is 1. The van der Waals surface area contributed by atoms with Gasteiger partial charge in [-0.05, 0) is 48.6 Å². The highest BCUT2D eigenvalue weighted by atomic mass is 16.5. The van der Waals surface area contributed by atoms with Crippen LogP contribution in [0.1, 0.15) is 16.2 Å². The lowest BCUT2D eigenvalue weighted by molar-refractivity contribution is 0.104. The average Bonchev–Trinajstić information content (AvgIpc) is 2.89. The summed E-state index contributed by atoms with van der Waals surface area (Å²) in [6.45, 7) is 0. The molecule has 0 saturated carbocycles. The van der Waals surface area contributed by atoms with Crippen LogP contribution < -0.4 is 4.74 Å². The fourth-order valence-corrected chi connectivity index (χ4v) is 2.31. The van der Waals surface area contributed by atoms with Crippen LogP contribution in [-0.2, 0) is 7.05 Å². The van der Waals surface area contributed by atoms with Crippen LogP contribution in [0.3, 0.4) is 0 Å². The minimum Gasteiger partial charge on any atom is -0.497 e. The SMILES string of the molecule is COc1ccc(C(=O)/C=C/c2nc3ccccc3n2C)cc1. The van der Waals surface area contributed by atoms with Crippen LogP contribution in [0.5, 0.6) is 5.75 Å². The van der Waals surface area contributed by atoms with Gasteiger partial charge in [-0.1, -0.05) is 12.1 Å². The van der Waals surface area contributed by atoms with Crippen LogP contribution in [0.4, 0.5) is 0 Å². The molecule has 4 heteroatoms. The van der Waals surface area contributed by atoms with Crippen LogP contribution in [0.2, 0.25) is 0 Å². The van der Waals surface area contributed by atoms with Gasteiger partial charge in [-0.15, -0.1) is 0 Å². The first-order chi connectivity index (χ1) is 10.7. The minimum absolute atomic E-state index is 0.0605. The molecule has 22 heavy (non-hydrogen) atoms. The number of aromatic nitrogens is 2. The summed E-state index contributed by atoms with van der Waals surface area (Å²) in [6.07, 6.45) is 3.29. The summed E-state index contributed by atoms with van der Waals surface area (Å²) < 4.78 is 7.05. The molecule has 0 atom stereocenters. The molecule has 0 radical (unpaired) electrons. The first-order valence-corrected chi connectivity index (χ1v) is 6.97. The van der Waals surface area contributed by atoms with E-state index in [9.17, 15) is 4.79 Å². The van der Waals surface area contributed by atoms with Crippen molar-refractivity contribution in [2.75, 3.05) is 7.11 Å². The van der Waals surface area contributed by atoms with Gasteiger partial charge in [0.05, 0.1) is 18.1 Å². The zero-order valence-electron chi connectivity index (χ0n) is 12.5. The minimum atomic E-state index is -0.0605. The molecule has 0 N–H and O–H groups in total. The Labute approximate surface area is 128 Å². The molecule has 0 aliphatic rings. The van der Waals surface area contributed by atoms with E-state index in [2.05, 4.69) is 4.98 Å². The lowest BCUT2D eigenvalue weighted by atomic mass is 10.1. The van der Waals surface area contributed by atoms with Crippen molar-refractivity contribution in [1.29, 1.82) is 0 Å². The largest absolute Gasteiger partial charge is 0.497 e. The zero-order valence-corrected chi connectivity index (χ0v) is 12.5. The maximum Gasteiger partial charge on any atom is 0.185 e. The molecule has 4 nitrogen and oxygen atoms in total. The normalized spacial score (nSPS) is 11.2. The highest BCUT2D eigenvalue weighted by molar-refractivity contribution is 6.06. The Bertz CT molecular complexity index is 845. The molecule has 1 heterocycles. The average molecular weight is 292 g/mol. The molecule has 3 aromatic rings. The monoisotopic (exact) mass is 292 g/mol. The lowest BCUT2D eigenvalue weighted by Crippen LogP contribution is -1.96. The van der Waals surface area contributed by atoms with E-state index in [0.717, 1.165) is 22.6 Å². The molecule has 110 valence electrons. The summed E-state index contributed by atoms with van der Waals surface area (Å²) in [5.41, 5.74) is 2.58. The van der Waals surface area contributed by atoms with E-state index in [1.54, 1.807) is 43.5 Å². The number of rotatable bonds is 4. The molecule has 0 aliphatic heterocycles. The summed E-state index contributed by atoms with van der Waals surface area (Å²) in [5, 5.41) is 0. The summed E-state index contributed by atoms with van der Waals surface area (Å²) in [4.78, 5) is 16.7. The van der Waals surface area contributed by atoms with Crippen LogP contribution in [0.25, 0.3) is 17.1 Å². The van der Waals surface area contributed by atoms with Gasteiger partial charge in [-0.25, -0.2) is 4.98 Å². The van der Waals surface area contributed by atoms with E-state index in [1.807, 2.05) is 35.9 Å². The number of methoxy groups -OCH3 is 1. The topological polar surface area (TPSA) is 44.1 Å². The Morgan fingerprint density at radius 3 is 2.55 bits per heavy atom. The number of hydrogen-bond donors (Lipinski definition) is 0. The molecule has 0 unspecified atom stereocenters. The summed E-state index contributed by atoms with van der Waals surface area (Å²) in [7, 11) is 3.54. The number of carbonyl (C=O) groups excluding carboxylic acids is 1. The van der Waals surface area contributed by atoms with E-state index in [-0.39, 0.29) is 5.78 Å². The number of para-hydroxylation sites is 2. The molecular weight excluding hydrogens is 276 g/mol. The van der Waals surface area contributed by atoms with Crippen molar-refractivity contribution in [3.8, 4) is 5.75 Å². The van der Waals surface area contributed by atoms with Crippen molar-refractivity contribution in [3.63, 3.8) is 0 Å². The predicted octanol–water partition coefficient (Wildman–Crippen LogP) is 3.48. The fourth-order valence-electron chi connectivity index (χ4n) is 2.31. The second-order valence-electron chi connectivity index (χ2n) is 4.94. The van der Waals surface area contributed by atoms with Gasteiger partial charge in [0, 0.05) is 12.6 Å². The molecule has 2 aromatic carbocycles. The molecular formula is C18H16N2O2. The van der Waals surface area contributed by atoms with E-state index in [1.165, 1.54) is 0 Å². The van der Waals surface area contributed by atoms with Gasteiger partial charge in [0.25, 0.3) is 0 Å². The number of aryl methyl sites for hydroxylation is 1. The van der Waals surface area contributed by atoms with Gasteiger partial charge >= 0.3 is 0 Å². The number of benzene rings is 2. The van der Waals surface area contributed by atoms with Gasteiger partial charge in [0.2, 0.25) is 0 Å². The van der Waals surface area contributed by atoms with Crippen LogP contribution in [0, 0.1) is 0 Å². The number of fused-ring (bicyclic) bond motifs is 1. The molecule has 0 fully saturated rings. The first kappa shape index (κ1) is 14.1. The Morgan fingerprint density at radius 2 is 1.86 bits per heavy atom. The van der Waals surface area contributed by atoms with E-state index < -0.39 is 0 Å². The molecule has 3 rings (SSSR count). The lowest BCUT2D eigenvalue weighted by Gasteiger charge is -2.00. The number of ketones is 1. The van der Waals surface area contributed by atoms with Crippen molar-refractivity contribution < 1.29 is 9.53 Å². The van der Waals surface area contributed by atoms with Crippen molar-refractivity contribution in [2.45, 2.75) is 0 Å². The molecule has 0 spiro atoms. The second kappa shape index (κ2) is 5.85. The quantitative estimate of drug-likeness (QED) is 0.546. The Kier molecular flexibility index (Phi) is 3.74. The molecule has 0 bridgehead atoms.